The van der Waals surface area contributed by atoms with E-state index in [1.807, 2.05) is 19.1 Å². The molecule has 1 heterocycles. The highest BCUT2D eigenvalue weighted by Gasteiger charge is 2.30. The quantitative estimate of drug-likeness (QED) is 0.693. The van der Waals surface area contributed by atoms with Crippen LogP contribution in [0.2, 0.25) is 0 Å². The predicted molar refractivity (Wildman–Crippen MR) is 77.9 cm³/mol. The number of alkyl halides is 3. The summed E-state index contributed by atoms with van der Waals surface area (Å²) in [5.41, 5.74) is 0. The SMILES string of the molecule is CCCNCc1ccc(CN(CCC)CC(F)(F)F)s1. The van der Waals surface area contributed by atoms with Gasteiger partial charge in [-0.25, -0.2) is 0 Å². The van der Waals surface area contributed by atoms with E-state index in [0.29, 0.717) is 13.1 Å². The van der Waals surface area contributed by atoms with Crippen molar-refractivity contribution in [2.75, 3.05) is 19.6 Å². The molecule has 0 spiro atoms. The van der Waals surface area contributed by atoms with Crippen molar-refractivity contribution in [3.05, 3.63) is 21.9 Å². The Balaban J connectivity index is 2.51. The van der Waals surface area contributed by atoms with Gasteiger partial charge in [0.25, 0.3) is 0 Å². The zero-order chi connectivity index (χ0) is 15.0. The molecule has 116 valence electrons. The molecule has 0 unspecified atom stereocenters. The van der Waals surface area contributed by atoms with E-state index in [2.05, 4.69) is 12.2 Å². The van der Waals surface area contributed by atoms with E-state index in [0.717, 1.165) is 30.8 Å². The third kappa shape index (κ3) is 7.26. The molecule has 0 aromatic carbocycles. The maximum absolute atomic E-state index is 12.5. The highest BCUT2D eigenvalue weighted by atomic mass is 32.1. The van der Waals surface area contributed by atoms with Crippen LogP contribution in [0.3, 0.4) is 0 Å². The van der Waals surface area contributed by atoms with Gasteiger partial charge in [0, 0.05) is 22.8 Å². The van der Waals surface area contributed by atoms with Crippen LogP contribution in [-0.4, -0.2) is 30.7 Å². The molecule has 0 aliphatic heterocycles. The molecule has 0 saturated carbocycles. The third-order valence-electron chi connectivity index (χ3n) is 2.77. The molecule has 0 fully saturated rings. The fourth-order valence-corrected chi connectivity index (χ4v) is 3.03. The van der Waals surface area contributed by atoms with E-state index in [9.17, 15) is 13.2 Å². The summed E-state index contributed by atoms with van der Waals surface area (Å²) in [6, 6.07) is 3.94. The first-order chi connectivity index (χ1) is 9.44. The minimum atomic E-state index is -4.13. The van der Waals surface area contributed by atoms with Crippen molar-refractivity contribution in [3.8, 4) is 0 Å². The Morgan fingerprint density at radius 3 is 2.45 bits per heavy atom. The van der Waals surface area contributed by atoms with E-state index >= 15 is 0 Å². The van der Waals surface area contributed by atoms with Crippen LogP contribution in [0.15, 0.2) is 12.1 Å². The van der Waals surface area contributed by atoms with Crippen molar-refractivity contribution in [1.82, 2.24) is 10.2 Å². The normalized spacial score (nSPS) is 12.3. The van der Waals surface area contributed by atoms with Gasteiger partial charge >= 0.3 is 6.18 Å². The number of nitrogens with one attached hydrogen (secondary N) is 1. The van der Waals surface area contributed by atoms with Crippen molar-refractivity contribution >= 4 is 11.3 Å². The van der Waals surface area contributed by atoms with Crippen molar-refractivity contribution in [2.24, 2.45) is 0 Å². The van der Waals surface area contributed by atoms with Crippen molar-refractivity contribution < 1.29 is 13.2 Å². The smallest absolute Gasteiger partial charge is 0.312 e. The van der Waals surface area contributed by atoms with Crippen LogP contribution in [0.4, 0.5) is 13.2 Å². The Morgan fingerprint density at radius 1 is 1.15 bits per heavy atom. The molecular weight excluding hydrogens is 285 g/mol. The standard InChI is InChI=1S/C14H23F3N2S/c1-3-7-18-9-12-5-6-13(20-12)10-19(8-4-2)11-14(15,16)17/h5-6,18H,3-4,7-11H2,1-2H3. The van der Waals surface area contributed by atoms with Gasteiger partial charge in [-0.3, -0.25) is 4.90 Å². The van der Waals surface area contributed by atoms with Crippen molar-refractivity contribution in [3.63, 3.8) is 0 Å². The Bertz CT molecular complexity index is 377. The first kappa shape index (κ1) is 17.5. The van der Waals surface area contributed by atoms with Crippen molar-refractivity contribution in [1.29, 1.82) is 0 Å². The van der Waals surface area contributed by atoms with E-state index < -0.39 is 12.7 Å². The molecule has 0 amide bonds. The largest absolute Gasteiger partial charge is 0.401 e. The van der Waals surface area contributed by atoms with Crippen LogP contribution < -0.4 is 5.32 Å². The Labute approximate surface area is 123 Å². The minimum absolute atomic E-state index is 0.381. The van der Waals surface area contributed by atoms with Gasteiger partial charge in [-0.2, -0.15) is 13.2 Å². The maximum atomic E-state index is 12.5. The lowest BCUT2D eigenvalue weighted by Gasteiger charge is -2.22. The van der Waals surface area contributed by atoms with Crippen LogP contribution in [0.1, 0.15) is 36.4 Å². The summed E-state index contributed by atoms with van der Waals surface area (Å²) in [7, 11) is 0. The molecule has 1 aromatic rings. The van der Waals surface area contributed by atoms with Gasteiger partial charge in [-0.05, 0) is 38.1 Å². The second kappa shape index (κ2) is 8.64. The van der Waals surface area contributed by atoms with Gasteiger partial charge in [0.1, 0.15) is 0 Å². The van der Waals surface area contributed by atoms with Crippen LogP contribution >= 0.6 is 11.3 Å². The van der Waals surface area contributed by atoms with Gasteiger partial charge in [0.2, 0.25) is 0 Å². The summed E-state index contributed by atoms with van der Waals surface area (Å²) in [6.07, 6.45) is -2.32. The first-order valence-corrected chi connectivity index (χ1v) is 7.83. The van der Waals surface area contributed by atoms with Crippen LogP contribution in [0.5, 0.6) is 0 Å². The number of hydrogen-bond donors (Lipinski definition) is 1. The van der Waals surface area contributed by atoms with Crippen LogP contribution in [-0.2, 0) is 13.1 Å². The summed E-state index contributed by atoms with van der Waals surface area (Å²) in [4.78, 5) is 3.64. The van der Waals surface area contributed by atoms with E-state index in [1.54, 1.807) is 11.3 Å². The lowest BCUT2D eigenvalue weighted by Crippen LogP contribution is -2.34. The number of hydrogen-bond acceptors (Lipinski definition) is 3. The Kier molecular flexibility index (Phi) is 7.55. The zero-order valence-corrected chi connectivity index (χ0v) is 12.9. The molecule has 0 aliphatic rings. The molecule has 0 saturated heterocycles. The first-order valence-electron chi connectivity index (χ1n) is 7.02. The van der Waals surface area contributed by atoms with Gasteiger partial charge in [0.15, 0.2) is 0 Å². The van der Waals surface area contributed by atoms with E-state index in [1.165, 1.54) is 9.78 Å². The molecule has 1 aromatic heterocycles. The summed E-state index contributed by atoms with van der Waals surface area (Å²) >= 11 is 1.59. The lowest BCUT2D eigenvalue weighted by molar-refractivity contribution is -0.147. The maximum Gasteiger partial charge on any atom is 0.401 e. The summed E-state index contributed by atoms with van der Waals surface area (Å²) < 4.78 is 37.5. The van der Waals surface area contributed by atoms with Gasteiger partial charge < -0.3 is 5.32 Å². The van der Waals surface area contributed by atoms with Gasteiger partial charge in [-0.15, -0.1) is 11.3 Å². The third-order valence-corrected chi connectivity index (χ3v) is 3.84. The second-order valence-electron chi connectivity index (χ2n) is 4.87. The average Bonchev–Trinajstić information content (AvgIpc) is 2.75. The van der Waals surface area contributed by atoms with Gasteiger partial charge in [-0.1, -0.05) is 13.8 Å². The molecule has 0 atom stereocenters. The molecule has 0 bridgehead atoms. The molecular formula is C14H23F3N2S. The Hall–Kier alpha value is -0.590. The number of thiophene rings is 1. The zero-order valence-electron chi connectivity index (χ0n) is 12.1. The predicted octanol–water partition coefficient (Wildman–Crippen LogP) is 4.02. The topological polar surface area (TPSA) is 15.3 Å². The molecule has 0 aliphatic carbocycles. The highest BCUT2D eigenvalue weighted by Crippen LogP contribution is 2.22. The fraction of sp³-hybridized carbons (Fsp3) is 0.714. The van der Waals surface area contributed by atoms with E-state index in [4.69, 9.17) is 0 Å². The van der Waals surface area contributed by atoms with Crippen LogP contribution in [0, 0.1) is 0 Å². The summed E-state index contributed by atoms with van der Waals surface area (Å²) in [5.74, 6) is 0. The monoisotopic (exact) mass is 308 g/mol. The number of rotatable bonds is 9. The molecule has 1 N–H and O–H groups in total. The summed E-state index contributed by atoms with van der Waals surface area (Å²) in [5, 5.41) is 3.30. The van der Waals surface area contributed by atoms with Crippen molar-refractivity contribution in [2.45, 2.75) is 46.0 Å². The van der Waals surface area contributed by atoms with Gasteiger partial charge in [0.05, 0.1) is 6.54 Å². The molecule has 2 nitrogen and oxygen atoms in total. The molecule has 1 rings (SSSR count). The lowest BCUT2D eigenvalue weighted by atomic mass is 10.3. The molecule has 6 heteroatoms. The average molecular weight is 308 g/mol. The minimum Gasteiger partial charge on any atom is -0.312 e. The molecule has 0 radical (unpaired) electrons. The highest BCUT2D eigenvalue weighted by molar-refractivity contribution is 7.11. The van der Waals surface area contributed by atoms with E-state index in [-0.39, 0.29) is 0 Å². The fourth-order valence-electron chi connectivity index (χ4n) is 1.99. The Morgan fingerprint density at radius 2 is 1.85 bits per heavy atom. The molecule has 20 heavy (non-hydrogen) atoms. The number of nitrogens with zero attached hydrogens (tertiary/aromatic N) is 1. The summed E-state index contributed by atoms with van der Waals surface area (Å²) in [6.45, 7) is 5.79. The second-order valence-corrected chi connectivity index (χ2v) is 6.12. The van der Waals surface area contributed by atoms with Crippen LogP contribution in [0.25, 0.3) is 0 Å². The number of halogens is 3.